The van der Waals surface area contributed by atoms with Gasteiger partial charge in [0.25, 0.3) is 0 Å². The number of hydrogen-bond donors (Lipinski definition) is 4. The quantitative estimate of drug-likeness (QED) is 0.375. The maximum atomic E-state index is 11.5. The number of urea groups is 2. The van der Waals surface area contributed by atoms with E-state index < -0.39 is 12.1 Å². The van der Waals surface area contributed by atoms with Gasteiger partial charge >= 0.3 is 12.1 Å². The van der Waals surface area contributed by atoms with Crippen LogP contribution in [-0.4, -0.2) is 48.5 Å². The molecule has 0 radical (unpaired) electrons. The van der Waals surface area contributed by atoms with Crippen molar-refractivity contribution in [2.75, 3.05) is 24.6 Å². The molecular formula is C14H26N4O4S2. The molecule has 0 saturated carbocycles. The van der Waals surface area contributed by atoms with Gasteiger partial charge in [-0.2, -0.15) is 0 Å². The van der Waals surface area contributed by atoms with Crippen LogP contribution < -0.4 is 21.3 Å². The number of rotatable bonds is 8. The lowest BCUT2D eigenvalue weighted by Crippen LogP contribution is -2.43. The van der Waals surface area contributed by atoms with Gasteiger partial charge in [-0.3, -0.25) is 20.2 Å². The van der Waals surface area contributed by atoms with E-state index in [-0.39, 0.29) is 29.4 Å². The van der Waals surface area contributed by atoms with E-state index in [1.165, 1.54) is 21.6 Å². The van der Waals surface area contributed by atoms with E-state index in [0.717, 1.165) is 0 Å². The number of amides is 6. The Hall–Kier alpha value is -1.42. The Bertz CT molecular complexity index is 453. The summed E-state index contributed by atoms with van der Waals surface area (Å²) in [6.07, 6.45) is 0.246. The molecule has 0 heterocycles. The summed E-state index contributed by atoms with van der Waals surface area (Å²) in [7, 11) is 2.67. The molecule has 0 spiro atoms. The van der Waals surface area contributed by atoms with Gasteiger partial charge in [0.2, 0.25) is 11.8 Å². The van der Waals surface area contributed by atoms with Gasteiger partial charge in [0.1, 0.15) is 0 Å². The Morgan fingerprint density at radius 1 is 0.875 bits per heavy atom. The zero-order chi connectivity index (χ0) is 18.6. The molecule has 0 aliphatic heterocycles. The molecule has 0 saturated heterocycles. The molecule has 0 aliphatic rings. The molecule has 0 aromatic rings. The fourth-order valence-corrected chi connectivity index (χ4v) is 2.91. The highest BCUT2D eigenvalue weighted by Crippen LogP contribution is 2.19. The maximum Gasteiger partial charge on any atom is 0.321 e. The normalized spacial score (nSPS) is 10.7. The first kappa shape index (κ1) is 22.6. The van der Waals surface area contributed by atoms with Crippen molar-refractivity contribution in [2.24, 2.45) is 5.41 Å². The van der Waals surface area contributed by atoms with Crippen LogP contribution in [0.5, 0.6) is 0 Å². The van der Waals surface area contributed by atoms with Crippen molar-refractivity contribution in [3.05, 3.63) is 0 Å². The summed E-state index contributed by atoms with van der Waals surface area (Å²) in [5, 5.41) is 9.58. The minimum atomic E-state index is -0.527. The maximum absolute atomic E-state index is 11.5. The molecule has 0 fully saturated rings. The second-order valence-corrected chi connectivity index (χ2v) is 8.62. The fourth-order valence-electron chi connectivity index (χ4n) is 1.17. The SMILES string of the molecule is CCC(=O)NC(=O)NCCSSCC(=O)NC(=O)NCC(C)(C)C. The molecule has 8 nitrogen and oxygen atoms in total. The summed E-state index contributed by atoms with van der Waals surface area (Å²) in [5.41, 5.74) is -0.0496. The highest BCUT2D eigenvalue weighted by atomic mass is 33.1. The van der Waals surface area contributed by atoms with E-state index in [0.29, 0.717) is 18.8 Å². The topological polar surface area (TPSA) is 116 Å². The van der Waals surface area contributed by atoms with Crippen LogP contribution in [0.4, 0.5) is 9.59 Å². The summed E-state index contributed by atoms with van der Waals surface area (Å²) >= 11 is 0. The second-order valence-electron chi connectivity index (χ2n) is 6.03. The second kappa shape index (κ2) is 12.0. The third kappa shape index (κ3) is 14.2. The predicted octanol–water partition coefficient (Wildman–Crippen LogP) is 1.48. The van der Waals surface area contributed by atoms with E-state index in [4.69, 9.17) is 0 Å². The lowest BCUT2D eigenvalue weighted by molar-refractivity contribution is -0.120. The van der Waals surface area contributed by atoms with Crippen molar-refractivity contribution in [3.63, 3.8) is 0 Å². The summed E-state index contributed by atoms with van der Waals surface area (Å²) in [5.74, 6) is -0.00942. The van der Waals surface area contributed by atoms with Crippen LogP contribution in [0.25, 0.3) is 0 Å². The molecule has 138 valence electrons. The minimum absolute atomic E-state index is 0.0496. The number of carbonyl (C=O) groups excluding carboxylic acids is 4. The fraction of sp³-hybridized carbons (Fsp3) is 0.714. The Morgan fingerprint density at radius 3 is 2.04 bits per heavy atom. The zero-order valence-electron chi connectivity index (χ0n) is 14.5. The van der Waals surface area contributed by atoms with Gasteiger partial charge in [-0.25, -0.2) is 9.59 Å². The molecule has 0 unspecified atom stereocenters. The molecule has 0 aromatic heterocycles. The molecule has 10 heteroatoms. The van der Waals surface area contributed by atoms with Gasteiger partial charge in [0.05, 0.1) is 5.75 Å². The first-order chi connectivity index (χ1) is 11.1. The molecule has 24 heavy (non-hydrogen) atoms. The Morgan fingerprint density at radius 2 is 1.46 bits per heavy atom. The zero-order valence-corrected chi connectivity index (χ0v) is 16.1. The monoisotopic (exact) mass is 378 g/mol. The molecule has 0 atom stereocenters. The van der Waals surface area contributed by atoms with E-state index in [1.54, 1.807) is 6.92 Å². The molecule has 0 rings (SSSR count). The van der Waals surface area contributed by atoms with Crippen LogP contribution in [0.3, 0.4) is 0 Å². The van der Waals surface area contributed by atoms with Crippen molar-refractivity contribution in [1.82, 2.24) is 21.3 Å². The Kier molecular flexibility index (Phi) is 11.3. The largest absolute Gasteiger partial charge is 0.337 e. The van der Waals surface area contributed by atoms with Gasteiger partial charge in [0.15, 0.2) is 0 Å². The lowest BCUT2D eigenvalue weighted by atomic mass is 9.97. The van der Waals surface area contributed by atoms with E-state index in [9.17, 15) is 19.2 Å². The number of imide groups is 2. The number of carbonyl (C=O) groups is 4. The summed E-state index contributed by atoms with van der Waals surface area (Å²) in [4.78, 5) is 45.2. The Labute approximate surface area is 150 Å². The van der Waals surface area contributed by atoms with Crippen molar-refractivity contribution < 1.29 is 19.2 Å². The van der Waals surface area contributed by atoms with Crippen molar-refractivity contribution in [3.8, 4) is 0 Å². The summed E-state index contributed by atoms with van der Waals surface area (Å²) in [6, 6.07) is -1.03. The summed E-state index contributed by atoms with van der Waals surface area (Å²) < 4.78 is 0. The first-order valence-electron chi connectivity index (χ1n) is 7.54. The van der Waals surface area contributed by atoms with Crippen LogP contribution in [0, 0.1) is 5.41 Å². The molecule has 6 amide bonds. The minimum Gasteiger partial charge on any atom is -0.337 e. The first-order valence-corrected chi connectivity index (χ1v) is 10.0. The van der Waals surface area contributed by atoms with Crippen molar-refractivity contribution in [2.45, 2.75) is 34.1 Å². The summed E-state index contributed by atoms with van der Waals surface area (Å²) in [6.45, 7) is 8.44. The third-order valence-corrected chi connectivity index (χ3v) is 4.62. The van der Waals surface area contributed by atoms with Gasteiger partial charge < -0.3 is 10.6 Å². The van der Waals surface area contributed by atoms with Crippen LogP contribution in [0.2, 0.25) is 0 Å². The lowest BCUT2D eigenvalue weighted by Gasteiger charge is -2.18. The standard InChI is InChI=1S/C14H26N4O4S2/c1-5-10(19)17-12(21)15-6-7-23-24-8-11(20)18-13(22)16-9-14(2,3)4/h5-9H2,1-4H3,(H2,15,17,19,21)(H2,16,18,20,22). The van der Waals surface area contributed by atoms with Crippen LogP contribution >= 0.6 is 21.6 Å². The van der Waals surface area contributed by atoms with E-state index in [2.05, 4.69) is 21.3 Å². The Balaban J connectivity index is 3.64. The molecule has 0 bridgehead atoms. The van der Waals surface area contributed by atoms with Gasteiger partial charge in [-0.1, -0.05) is 49.3 Å². The van der Waals surface area contributed by atoms with Crippen LogP contribution in [0.1, 0.15) is 34.1 Å². The van der Waals surface area contributed by atoms with Gasteiger partial charge in [-0.05, 0) is 5.41 Å². The molecule has 0 aliphatic carbocycles. The van der Waals surface area contributed by atoms with Crippen LogP contribution in [0.15, 0.2) is 0 Å². The predicted molar refractivity (Wildman–Crippen MR) is 97.7 cm³/mol. The number of nitrogens with one attached hydrogen (secondary N) is 4. The highest BCUT2D eigenvalue weighted by Gasteiger charge is 2.13. The van der Waals surface area contributed by atoms with Crippen molar-refractivity contribution >= 4 is 45.5 Å². The molecule has 4 N–H and O–H groups in total. The van der Waals surface area contributed by atoms with E-state index >= 15 is 0 Å². The van der Waals surface area contributed by atoms with E-state index in [1.807, 2.05) is 20.8 Å². The average molecular weight is 379 g/mol. The van der Waals surface area contributed by atoms with Crippen molar-refractivity contribution in [1.29, 1.82) is 0 Å². The average Bonchev–Trinajstić information content (AvgIpc) is 2.47. The third-order valence-electron chi connectivity index (χ3n) is 2.35. The smallest absolute Gasteiger partial charge is 0.321 e. The van der Waals surface area contributed by atoms with Crippen LogP contribution in [-0.2, 0) is 9.59 Å². The number of hydrogen-bond acceptors (Lipinski definition) is 6. The van der Waals surface area contributed by atoms with Gasteiger partial charge in [0, 0.05) is 25.3 Å². The van der Waals surface area contributed by atoms with Gasteiger partial charge in [-0.15, -0.1) is 0 Å². The highest BCUT2D eigenvalue weighted by molar-refractivity contribution is 8.76. The molecular weight excluding hydrogens is 352 g/mol. The molecule has 0 aromatic carbocycles.